The van der Waals surface area contributed by atoms with Gasteiger partial charge in [-0.25, -0.2) is 30.7 Å². The highest BCUT2D eigenvalue weighted by Crippen LogP contribution is 2.54. The van der Waals surface area contributed by atoms with Crippen LogP contribution in [0.1, 0.15) is 102 Å². The lowest BCUT2D eigenvalue weighted by molar-refractivity contribution is -0.441. The second-order valence-electron chi connectivity index (χ2n) is 15.9. The third-order valence-corrected chi connectivity index (χ3v) is 13.7. The van der Waals surface area contributed by atoms with Gasteiger partial charge in [0.05, 0.1) is 33.9 Å². The van der Waals surface area contributed by atoms with Gasteiger partial charge < -0.3 is 10.0 Å². The maximum Gasteiger partial charge on any atom is 0.303 e. The lowest BCUT2D eigenvalue weighted by atomic mass is 9.74. The summed E-state index contributed by atoms with van der Waals surface area (Å²) in [4.78, 5) is 12.1. The van der Waals surface area contributed by atoms with Gasteiger partial charge in [-0.2, -0.15) is 34.2 Å². The van der Waals surface area contributed by atoms with Crippen molar-refractivity contribution in [1.82, 2.24) is 0 Å². The quantitative estimate of drug-likeness (QED) is 0.0210. The zero-order valence-electron chi connectivity index (χ0n) is 34.0. The standard InChI is InChI=1S/C39H46F8N2O11S3/c1-38(16-5-9-20-61(52,53)54)23(48(18-7-3-4-15-25(50)51)36-26(38)28(40)30(42)32(44)34(36)46)13-12-14-24-39(2,17-6-10-21-62(55,56)57)27-29(41)31(43)33(45)35(47)37(27)49(24)19-8-11-22-63(58,59)60/h12-14H,3-11,15-22H2,1-2H3,(H3-,50,51,52,53,54,55,56,57,58,59,60)/p+1. The number of carboxylic acid groups (broad SMARTS) is 1. The van der Waals surface area contributed by atoms with Crippen LogP contribution in [0.4, 0.5) is 46.5 Å². The number of hydrogen-bond acceptors (Lipinski definition) is 8. The summed E-state index contributed by atoms with van der Waals surface area (Å²) in [7, 11) is -13.5. The summed E-state index contributed by atoms with van der Waals surface area (Å²) in [5.41, 5.74) is -6.81. The van der Waals surface area contributed by atoms with Gasteiger partial charge in [0, 0.05) is 42.1 Å². The number of unbranched alkanes of at least 4 members (excludes halogenated alkanes) is 5. The maximum absolute atomic E-state index is 16.0. The maximum atomic E-state index is 16.0. The molecule has 0 bridgehead atoms. The van der Waals surface area contributed by atoms with Gasteiger partial charge >= 0.3 is 5.97 Å². The predicted octanol–water partition coefficient (Wildman–Crippen LogP) is 7.80. The summed E-state index contributed by atoms with van der Waals surface area (Å²) in [5.74, 6) is -19.4. The van der Waals surface area contributed by atoms with Crippen molar-refractivity contribution in [2.75, 3.05) is 35.2 Å². The molecule has 0 fully saturated rings. The molecule has 0 saturated carbocycles. The van der Waals surface area contributed by atoms with Crippen molar-refractivity contribution in [1.29, 1.82) is 0 Å². The average molecular weight is 968 g/mol. The molecule has 2 aliphatic rings. The smallest absolute Gasteiger partial charge is 0.303 e. The molecule has 4 rings (SSSR count). The van der Waals surface area contributed by atoms with Crippen molar-refractivity contribution in [3.63, 3.8) is 0 Å². The van der Waals surface area contributed by atoms with Crippen molar-refractivity contribution in [2.24, 2.45) is 0 Å². The van der Waals surface area contributed by atoms with Crippen molar-refractivity contribution < 1.29 is 88.5 Å². The molecule has 0 amide bonds. The molecule has 2 aromatic rings. The molecular weight excluding hydrogens is 921 g/mol. The Morgan fingerprint density at radius 2 is 1.08 bits per heavy atom. The van der Waals surface area contributed by atoms with Gasteiger partial charge in [-0.3, -0.25) is 18.5 Å². The molecule has 0 saturated heterocycles. The topological polar surface area (TPSA) is 207 Å². The van der Waals surface area contributed by atoms with E-state index in [0.29, 0.717) is 0 Å². The minimum atomic E-state index is -4.51. The molecule has 63 heavy (non-hydrogen) atoms. The SMILES string of the molecule is CC1(CCCCS(=O)(=O)O)C(/C=C/C=C2/N(CCCCS(=O)(=O)O)c3c(F)c(F)c(F)c(F)c3C2(C)CCCCS(=O)(=O)O)=[N+](CCCCCC(=O)O)c2c(F)c(F)c(F)c(F)c21. The Bertz CT molecular complexity index is 2550. The average Bonchev–Trinajstić information content (AvgIpc) is 3.56. The van der Waals surface area contributed by atoms with E-state index in [0.717, 1.165) is 9.48 Å². The van der Waals surface area contributed by atoms with Crippen LogP contribution in [0.2, 0.25) is 0 Å². The molecule has 0 aliphatic carbocycles. The van der Waals surface area contributed by atoms with Gasteiger partial charge in [0.15, 0.2) is 40.6 Å². The summed E-state index contributed by atoms with van der Waals surface area (Å²) in [5, 5.41) is 9.08. The molecule has 24 heteroatoms. The van der Waals surface area contributed by atoms with Gasteiger partial charge in [-0.05, 0) is 71.3 Å². The minimum absolute atomic E-state index is 0.0678. The Morgan fingerprint density at radius 3 is 1.60 bits per heavy atom. The van der Waals surface area contributed by atoms with Gasteiger partial charge in [-0.1, -0.05) is 18.9 Å². The van der Waals surface area contributed by atoms with E-state index in [1.807, 2.05) is 0 Å². The highest BCUT2D eigenvalue weighted by atomic mass is 32.2. The van der Waals surface area contributed by atoms with Crippen molar-refractivity contribution in [2.45, 2.75) is 102 Å². The number of fused-ring (bicyclic) bond motifs is 2. The van der Waals surface area contributed by atoms with E-state index in [1.54, 1.807) is 0 Å². The summed E-state index contributed by atoms with van der Waals surface area (Å²) in [6, 6.07) is 0. The Hall–Kier alpha value is -3.97. The molecule has 2 unspecified atom stereocenters. The Balaban J connectivity index is 1.98. The molecule has 2 heterocycles. The van der Waals surface area contributed by atoms with Gasteiger partial charge in [0.1, 0.15) is 6.54 Å². The Labute approximate surface area is 359 Å². The fraction of sp³-hybridized carbons (Fsp3) is 0.538. The number of hydrogen-bond donors (Lipinski definition) is 4. The number of anilines is 1. The van der Waals surface area contributed by atoms with Crippen LogP contribution in [0.3, 0.4) is 0 Å². The molecule has 13 nitrogen and oxygen atoms in total. The normalized spacial score (nSPS) is 19.8. The van der Waals surface area contributed by atoms with Crippen molar-refractivity contribution in [3.05, 3.63) is 81.6 Å². The lowest BCUT2D eigenvalue weighted by Gasteiger charge is -2.30. The van der Waals surface area contributed by atoms with Crippen LogP contribution in [-0.4, -0.2) is 90.6 Å². The molecule has 352 valence electrons. The largest absolute Gasteiger partial charge is 0.481 e. The molecule has 0 radical (unpaired) electrons. The molecule has 2 atom stereocenters. The highest BCUT2D eigenvalue weighted by Gasteiger charge is 2.53. The molecule has 0 aromatic heterocycles. The van der Waals surface area contributed by atoms with Crippen LogP contribution < -0.4 is 4.90 Å². The van der Waals surface area contributed by atoms with Crippen LogP contribution in [0.25, 0.3) is 0 Å². The number of aliphatic carboxylic acids is 1. The van der Waals surface area contributed by atoms with E-state index in [4.69, 9.17) is 5.11 Å². The summed E-state index contributed by atoms with van der Waals surface area (Å²) in [6.07, 6.45) is 1.88. The summed E-state index contributed by atoms with van der Waals surface area (Å²) < 4.78 is 221. The van der Waals surface area contributed by atoms with Crippen molar-refractivity contribution in [3.8, 4) is 0 Å². The number of benzene rings is 2. The second kappa shape index (κ2) is 20.0. The van der Waals surface area contributed by atoms with Crippen LogP contribution >= 0.6 is 0 Å². The summed E-state index contributed by atoms with van der Waals surface area (Å²) in [6.45, 7) is 1.93. The molecule has 4 N–H and O–H groups in total. The third kappa shape index (κ3) is 11.8. The Morgan fingerprint density at radius 1 is 0.603 bits per heavy atom. The first-order valence-electron chi connectivity index (χ1n) is 19.7. The molecule has 2 aliphatic heterocycles. The van der Waals surface area contributed by atoms with Gasteiger partial charge in [-0.15, -0.1) is 0 Å². The number of carbonyl (C=O) groups is 1. The van der Waals surface area contributed by atoms with Crippen LogP contribution in [0.15, 0.2) is 23.9 Å². The first kappa shape index (κ1) is 51.7. The highest BCUT2D eigenvalue weighted by molar-refractivity contribution is 7.86. The van der Waals surface area contributed by atoms with Gasteiger partial charge in [0.25, 0.3) is 36.0 Å². The van der Waals surface area contributed by atoms with Crippen molar-refractivity contribution >= 4 is 53.4 Å². The summed E-state index contributed by atoms with van der Waals surface area (Å²) >= 11 is 0. The first-order chi connectivity index (χ1) is 29.1. The van der Waals surface area contributed by atoms with E-state index in [-0.39, 0.29) is 95.0 Å². The second-order valence-corrected chi connectivity index (χ2v) is 20.6. The zero-order valence-corrected chi connectivity index (χ0v) is 36.5. The first-order valence-corrected chi connectivity index (χ1v) is 24.5. The number of halogens is 8. The Kier molecular flexibility index (Phi) is 16.4. The number of carboxylic acids is 1. The zero-order chi connectivity index (χ0) is 47.5. The predicted molar refractivity (Wildman–Crippen MR) is 214 cm³/mol. The van der Waals surface area contributed by atoms with Crippen LogP contribution in [-0.2, 0) is 46.0 Å². The lowest BCUT2D eigenvalue weighted by Crippen LogP contribution is -2.33. The van der Waals surface area contributed by atoms with E-state index in [1.165, 1.54) is 32.1 Å². The third-order valence-electron chi connectivity index (χ3n) is 11.3. The fourth-order valence-corrected chi connectivity index (χ4v) is 10.1. The van der Waals surface area contributed by atoms with Crippen LogP contribution in [0.5, 0.6) is 0 Å². The van der Waals surface area contributed by atoms with E-state index < -0.39 is 140 Å². The van der Waals surface area contributed by atoms with Crippen LogP contribution in [0, 0.1) is 46.5 Å². The molecule has 0 spiro atoms. The molecular formula is C39H47F8N2O11S3+. The number of allylic oxidation sites excluding steroid dienone is 4. The number of rotatable bonds is 23. The number of nitrogens with zero attached hydrogens (tertiary/aromatic N) is 2. The van der Waals surface area contributed by atoms with Gasteiger partial charge in [0.2, 0.25) is 11.6 Å². The monoisotopic (exact) mass is 967 g/mol. The minimum Gasteiger partial charge on any atom is -0.481 e. The van der Waals surface area contributed by atoms with E-state index >= 15 is 22.0 Å². The van der Waals surface area contributed by atoms with E-state index in [2.05, 4.69) is 0 Å². The fourth-order valence-electron chi connectivity index (χ4n) is 8.40. The molecule has 2 aromatic carbocycles. The van der Waals surface area contributed by atoms with E-state index in [9.17, 15) is 56.9 Å².